The molecule has 1 rings (SSSR count). The molecule has 0 spiro atoms. The van der Waals surface area contributed by atoms with Crippen LogP contribution in [-0.4, -0.2) is 36.3 Å². The molecule has 0 saturated carbocycles. The maximum Gasteiger partial charge on any atom is 0.155 e. The number of hydrogen-bond acceptors (Lipinski definition) is 4. The van der Waals surface area contributed by atoms with Crippen molar-refractivity contribution in [2.75, 3.05) is 18.1 Å². The maximum absolute atomic E-state index is 11.8. The van der Waals surface area contributed by atoms with Crippen LogP contribution < -0.4 is 0 Å². The van der Waals surface area contributed by atoms with Crippen molar-refractivity contribution in [1.29, 1.82) is 0 Å². The molecule has 3 unspecified atom stereocenters. The average molecular weight is 246 g/mol. The molecule has 0 aromatic rings. The summed E-state index contributed by atoms with van der Waals surface area (Å²) in [5.41, 5.74) is 0. The summed E-state index contributed by atoms with van der Waals surface area (Å²) < 4.78 is 11.2. The number of carbonyl (C=O) groups is 1. The fourth-order valence-electron chi connectivity index (χ4n) is 1.97. The Morgan fingerprint density at radius 2 is 2.25 bits per heavy atom. The Hall–Kier alpha value is -0.0600. The molecule has 0 aromatic heterocycles. The van der Waals surface area contributed by atoms with Gasteiger partial charge in [0.1, 0.15) is 5.78 Å². The van der Waals surface area contributed by atoms with E-state index in [-0.39, 0.29) is 18.3 Å². The topological polar surface area (TPSA) is 35.5 Å². The summed E-state index contributed by atoms with van der Waals surface area (Å²) in [7, 11) is 0. The van der Waals surface area contributed by atoms with Gasteiger partial charge in [0.15, 0.2) is 6.29 Å². The Labute approximate surface area is 102 Å². The second kappa shape index (κ2) is 7.30. The first-order chi connectivity index (χ1) is 7.69. The number of rotatable bonds is 6. The molecule has 1 saturated heterocycles. The third-order valence-corrected chi connectivity index (χ3v) is 3.91. The van der Waals surface area contributed by atoms with Crippen molar-refractivity contribution < 1.29 is 14.3 Å². The van der Waals surface area contributed by atoms with E-state index in [0.29, 0.717) is 18.8 Å². The van der Waals surface area contributed by atoms with Crippen molar-refractivity contribution in [3.05, 3.63) is 0 Å². The highest BCUT2D eigenvalue weighted by molar-refractivity contribution is 7.99. The summed E-state index contributed by atoms with van der Waals surface area (Å²) in [6, 6.07) is 0. The normalized spacial score (nSPS) is 25.4. The molecule has 0 aromatic carbocycles. The van der Waals surface area contributed by atoms with Crippen LogP contribution in [0.4, 0.5) is 0 Å². The van der Waals surface area contributed by atoms with Gasteiger partial charge in [0.05, 0.1) is 12.0 Å². The van der Waals surface area contributed by atoms with E-state index < -0.39 is 0 Å². The lowest BCUT2D eigenvalue weighted by Crippen LogP contribution is -2.37. The highest BCUT2D eigenvalue weighted by atomic mass is 32.2. The lowest BCUT2D eigenvalue weighted by Gasteiger charge is -2.30. The molecule has 1 aliphatic rings. The largest absolute Gasteiger partial charge is 0.353 e. The smallest absolute Gasteiger partial charge is 0.155 e. The van der Waals surface area contributed by atoms with Crippen molar-refractivity contribution in [3.63, 3.8) is 0 Å². The van der Waals surface area contributed by atoms with Crippen molar-refractivity contribution >= 4 is 17.5 Å². The molecule has 94 valence electrons. The molecule has 1 fully saturated rings. The van der Waals surface area contributed by atoms with Gasteiger partial charge in [0.25, 0.3) is 0 Å². The second-order valence-electron chi connectivity index (χ2n) is 4.00. The van der Waals surface area contributed by atoms with Crippen LogP contribution in [0.3, 0.4) is 0 Å². The van der Waals surface area contributed by atoms with Crippen LogP contribution in [0.1, 0.15) is 33.6 Å². The van der Waals surface area contributed by atoms with E-state index in [1.807, 2.05) is 25.6 Å². The molecule has 4 heteroatoms. The van der Waals surface area contributed by atoms with Crippen LogP contribution in [0.15, 0.2) is 0 Å². The van der Waals surface area contributed by atoms with E-state index in [4.69, 9.17) is 9.47 Å². The summed E-state index contributed by atoms with van der Waals surface area (Å²) in [5.74, 6) is 2.28. The number of thioether (sulfide) groups is 1. The van der Waals surface area contributed by atoms with Crippen LogP contribution in [0.2, 0.25) is 0 Å². The molecular formula is C12H22O3S. The van der Waals surface area contributed by atoms with E-state index >= 15 is 0 Å². The molecule has 3 nitrogen and oxygen atoms in total. The van der Waals surface area contributed by atoms with Crippen LogP contribution in [-0.2, 0) is 14.3 Å². The van der Waals surface area contributed by atoms with Crippen LogP contribution in [0, 0.1) is 5.92 Å². The Kier molecular flexibility index (Phi) is 6.39. The number of carbonyl (C=O) groups excluding carboxylic acids is 1. The first kappa shape index (κ1) is 14.0. The molecular weight excluding hydrogens is 224 g/mol. The molecule has 1 aliphatic heterocycles. The van der Waals surface area contributed by atoms with Crippen LogP contribution >= 0.6 is 11.8 Å². The minimum atomic E-state index is -0.213. The third-order valence-electron chi connectivity index (χ3n) is 2.82. The molecule has 0 radical (unpaired) electrons. The van der Waals surface area contributed by atoms with Crippen LogP contribution in [0.25, 0.3) is 0 Å². The third kappa shape index (κ3) is 4.07. The van der Waals surface area contributed by atoms with E-state index in [1.165, 1.54) is 0 Å². The van der Waals surface area contributed by atoms with E-state index in [1.54, 1.807) is 0 Å². The van der Waals surface area contributed by atoms with E-state index in [2.05, 4.69) is 6.92 Å². The molecule has 16 heavy (non-hydrogen) atoms. The minimum Gasteiger partial charge on any atom is -0.353 e. The molecule has 3 atom stereocenters. The van der Waals surface area contributed by atoms with Gasteiger partial charge in [0.2, 0.25) is 0 Å². The van der Waals surface area contributed by atoms with Crippen molar-refractivity contribution in [2.24, 2.45) is 5.92 Å². The quantitative estimate of drug-likeness (QED) is 0.675. The van der Waals surface area contributed by atoms with Gasteiger partial charge in [-0.1, -0.05) is 6.92 Å². The first-order valence-electron chi connectivity index (χ1n) is 6.06. The zero-order valence-electron chi connectivity index (χ0n) is 10.4. The zero-order chi connectivity index (χ0) is 12.0. The predicted molar refractivity (Wildman–Crippen MR) is 66.7 cm³/mol. The highest BCUT2D eigenvalue weighted by Gasteiger charge is 2.31. The Balaban J connectivity index is 2.48. The molecule has 1 heterocycles. The lowest BCUT2D eigenvalue weighted by atomic mass is 9.95. The predicted octanol–water partition coefficient (Wildman–Crippen LogP) is 2.49. The standard InChI is InChI=1S/C12H22O3S/c1-4-12(15-9(3)14-5-2)10-8-16-7-6-11(10)13/h9-10,12H,4-8H2,1-3H3. The van der Waals surface area contributed by atoms with Crippen LogP contribution in [0.5, 0.6) is 0 Å². The number of ketones is 1. The SMILES string of the molecule is CCOC(C)OC(CC)C1CSCCC1=O. The molecule has 0 amide bonds. The lowest BCUT2D eigenvalue weighted by molar-refractivity contribution is -0.172. The first-order valence-corrected chi connectivity index (χ1v) is 7.22. The number of Topliss-reactive ketones (excluding diaryl/α,β-unsaturated/α-hetero) is 1. The van der Waals surface area contributed by atoms with Gasteiger partial charge in [-0.2, -0.15) is 11.8 Å². The monoisotopic (exact) mass is 246 g/mol. The molecule has 0 N–H and O–H groups in total. The van der Waals surface area contributed by atoms with Gasteiger partial charge in [-0.15, -0.1) is 0 Å². The summed E-state index contributed by atoms with van der Waals surface area (Å²) in [5, 5.41) is 0. The zero-order valence-corrected chi connectivity index (χ0v) is 11.2. The van der Waals surface area contributed by atoms with E-state index in [9.17, 15) is 4.79 Å². The highest BCUT2D eigenvalue weighted by Crippen LogP contribution is 2.26. The van der Waals surface area contributed by atoms with E-state index in [0.717, 1.165) is 17.9 Å². The molecule has 0 aliphatic carbocycles. The van der Waals surface area contributed by atoms with Gasteiger partial charge >= 0.3 is 0 Å². The number of ether oxygens (including phenoxy) is 2. The fourth-order valence-corrected chi connectivity index (χ4v) is 3.14. The van der Waals surface area contributed by atoms with Crippen molar-refractivity contribution in [1.82, 2.24) is 0 Å². The van der Waals surface area contributed by atoms with Gasteiger partial charge in [0, 0.05) is 24.5 Å². The average Bonchev–Trinajstić information content (AvgIpc) is 2.27. The van der Waals surface area contributed by atoms with Gasteiger partial charge in [-0.25, -0.2) is 0 Å². The van der Waals surface area contributed by atoms with Gasteiger partial charge in [-0.05, 0) is 20.3 Å². The summed E-state index contributed by atoms with van der Waals surface area (Å²) in [6.07, 6.45) is 1.36. The van der Waals surface area contributed by atoms with Crippen molar-refractivity contribution in [2.45, 2.75) is 46.0 Å². The Morgan fingerprint density at radius 1 is 1.50 bits per heavy atom. The summed E-state index contributed by atoms with van der Waals surface area (Å²) >= 11 is 1.85. The summed E-state index contributed by atoms with van der Waals surface area (Å²) in [4.78, 5) is 11.8. The van der Waals surface area contributed by atoms with Gasteiger partial charge in [-0.3, -0.25) is 4.79 Å². The summed E-state index contributed by atoms with van der Waals surface area (Å²) in [6.45, 7) is 6.55. The fraction of sp³-hybridized carbons (Fsp3) is 0.917. The minimum absolute atomic E-state index is 0.0156. The maximum atomic E-state index is 11.8. The molecule has 0 bridgehead atoms. The Bertz CT molecular complexity index is 220. The van der Waals surface area contributed by atoms with Crippen molar-refractivity contribution in [3.8, 4) is 0 Å². The van der Waals surface area contributed by atoms with Gasteiger partial charge < -0.3 is 9.47 Å². The number of hydrogen-bond donors (Lipinski definition) is 0. The second-order valence-corrected chi connectivity index (χ2v) is 5.15. The Morgan fingerprint density at radius 3 is 2.81 bits per heavy atom.